The molecule has 212 valence electrons. The average molecular weight is 560 g/mol. The fourth-order valence-electron chi connectivity index (χ4n) is 4.82. The van der Waals surface area contributed by atoms with Crippen LogP contribution in [0.3, 0.4) is 0 Å². The Morgan fingerprint density at radius 2 is 1.97 bits per heavy atom. The Kier molecular flexibility index (Phi) is 7.83. The maximum absolute atomic E-state index is 14.5. The van der Waals surface area contributed by atoms with Gasteiger partial charge >= 0.3 is 0 Å². The summed E-state index contributed by atoms with van der Waals surface area (Å²) >= 11 is 0. The summed E-state index contributed by atoms with van der Waals surface area (Å²) in [7, 11) is -4.30. The van der Waals surface area contributed by atoms with Crippen molar-refractivity contribution >= 4 is 27.6 Å². The summed E-state index contributed by atoms with van der Waals surface area (Å²) in [4.78, 5) is 24.0. The van der Waals surface area contributed by atoms with Gasteiger partial charge in [0.1, 0.15) is 23.2 Å². The predicted molar refractivity (Wildman–Crippen MR) is 153 cm³/mol. The molecule has 9 nitrogen and oxygen atoms in total. The first-order valence-corrected chi connectivity index (χ1v) is 14.3. The number of benzene rings is 1. The smallest absolute Gasteiger partial charge is 0.281 e. The molecule has 0 spiro atoms. The molecule has 0 unspecified atom stereocenters. The van der Waals surface area contributed by atoms with Gasteiger partial charge < -0.3 is 15.4 Å². The van der Waals surface area contributed by atoms with Crippen molar-refractivity contribution in [3.05, 3.63) is 59.9 Å². The van der Waals surface area contributed by atoms with Crippen molar-refractivity contribution in [2.75, 3.05) is 23.8 Å². The molecule has 3 N–H and O–H groups in total. The number of nitrogens with zero attached hydrogens (tertiary/aromatic N) is 3. The molecule has 0 aliphatic carbocycles. The Morgan fingerprint density at radius 1 is 1.23 bits per heavy atom. The molecule has 1 amide bonds. The number of sulfonamides is 1. The van der Waals surface area contributed by atoms with Gasteiger partial charge in [0.2, 0.25) is 0 Å². The van der Waals surface area contributed by atoms with Crippen LogP contribution in [0, 0.1) is 17.7 Å². The number of carbonyl (C=O) groups is 1. The van der Waals surface area contributed by atoms with Crippen LogP contribution in [0.4, 0.5) is 16.0 Å². The van der Waals surface area contributed by atoms with Crippen LogP contribution in [0.15, 0.2) is 53.6 Å². The molecule has 3 aromatic rings. The van der Waals surface area contributed by atoms with Crippen molar-refractivity contribution in [2.24, 2.45) is 11.8 Å². The first-order valence-electron chi connectivity index (χ1n) is 12.8. The summed E-state index contributed by atoms with van der Waals surface area (Å²) in [5, 5.41) is -0.370. The Balaban J connectivity index is 0.00000294. The van der Waals surface area contributed by atoms with E-state index in [1.54, 1.807) is 12.1 Å². The van der Waals surface area contributed by atoms with Gasteiger partial charge in [-0.3, -0.25) is 4.79 Å². The van der Waals surface area contributed by atoms with Gasteiger partial charge in [-0.25, -0.2) is 19.1 Å². The molecule has 0 saturated carbocycles. The van der Waals surface area contributed by atoms with Gasteiger partial charge in [0, 0.05) is 26.6 Å². The number of nitrogens with two attached hydrogens (primary N) is 1. The van der Waals surface area contributed by atoms with Crippen LogP contribution in [0.1, 0.15) is 54.3 Å². The van der Waals surface area contributed by atoms with Crippen LogP contribution in [-0.4, -0.2) is 43.0 Å². The number of anilines is 2. The fourth-order valence-corrected chi connectivity index (χ4v) is 5.76. The second-order valence-corrected chi connectivity index (χ2v) is 12.6. The van der Waals surface area contributed by atoms with Crippen molar-refractivity contribution in [2.45, 2.75) is 51.6 Å². The Labute approximate surface area is 231 Å². The molecule has 11 heteroatoms. The van der Waals surface area contributed by atoms with Crippen molar-refractivity contribution in [3.63, 3.8) is 0 Å². The lowest BCUT2D eigenvalue weighted by Gasteiger charge is -2.34. The summed E-state index contributed by atoms with van der Waals surface area (Å²) in [6.07, 6.45) is 0.846. The standard InChI is InChI=1S/C28H34FN5O4S.2H2/c1-17(2)16-38-21-12-19(11-20(29)13-21)23-10-9-22(26(31-23)34-15-18(3)14-28(34,4)5)27(35)33-39(36,37)25-8-6-7-24(30)32-25;;/h6-13,17-18H,14-16H2,1-5H3,(H2,30,32)(H,33,35);2*1H/t18-;;/m1../s1. The van der Waals surface area contributed by atoms with E-state index in [1.165, 1.54) is 36.4 Å². The molecule has 1 fully saturated rings. The van der Waals surface area contributed by atoms with Crippen LogP contribution in [0.2, 0.25) is 0 Å². The number of ether oxygens (including phenoxy) is 1. The van der Waals surface area contributed by atoms with E-state index in [0.29, 0.717) is 41.9 Å². The largest absolute Gasteiger partial charge is 0.493 e. The number of carbonyl (C=O) groups excluding carboxylic acids is 1. The molecule has 39 heavy (non-hydrogen) atoms. The summed E-state index contributed by atoms with van der Waals surface area (Å²) in [5.74, 6) is -0.0688. The Bertz CT molecular complexity index is 1500. The van der Waals surface area contributed by atoms with E-state index in [9.17, 15) is 17.6 Å². The molecule has 0 bridgehead atoms. The summed E-state index contributed by atoms with van der Waals surface area (Å²) in [6, 6.07) is 11.6. The molecule has 1 aliphatic rings. The number of amides is 1. The zero-order chi connectivity index (χ0) is 28.5. The lowest BCUT2D eigenvalue weighted by atomic mass is 9.97. The molecule has 1 aliphatic heterocycles. The van der Waals surface area contributed by atoms with Gasteiger partial charge in [-0.1, -0.05) is 26.8 Å². The number of pyridine rings is 2. The minimum absolute atomic E-state index is 0. The van der Waals surface area contributed by atoms with Gasteiger partial charge in [-0.05, 0) is 68.5 Å². The molecule has 4 rings (SSSR count). The molecule has 3 heterocycles. The van der Waals surface area contributed by atoms with E-state index in [0.717, 1.165) is 6.42 Å². The van der Waals surface area contributed by atoms with Crippen LogP contribution in [0.25, 0.3) is 11.3 Å². The molecule has 1 aromatic carbocycles. The third-order valence-electron chi connectivity index (χ3n) is 6.45. The van der Waals surface area contributed by atoms with E-state index in [2.05, 4.69) is 16.6 Å². The van der Waals surface area contributed by atoms with E-state index in [4.69, 9.17) is 15.5 Å². The highest BCUT2D eigenvalue weighted by Crippen LogP contribution is 2.38. The number of aromatic nitrogens is 2. The first-order chi connectivity index (χ1) is 18.2. The third-order valence-corrected chi connectivity index (χ3v) is 7.68. The molecular weight excluding hydrogens is 521 g/mol. The Morgan fingerprint density at radius 3 is 2.62 bits per heavy atom. The topological polar surface area (TPSA) is 128 Å². The molecule has 0 radical (unpaired) electrons. The van der Waals surface area contributed by atoms with Crippen molar-refractivity contribution in [3.8, 4) is 17.0 Å². The van der Waals surface area contributed by atoms with Crippen molar-refractivity contribution < 1.29 is 25.2 Å². The molecular formula is C28H38FN5O4S. The summed E-state index contributed by atoms with van der Waals surface area (Å²) < 4.78 is 48.2. The van der Waals surface area contributed by atoms with Crippen molar-refractivity contribution in [1.82, 2.24) is 14.7 Å². The van der Waals surface area contributed by atoms with Gasteiger partial charge in [0.15, 0.2) is 5.03 Å². The van der Waals surface area contributed by atoms with E-state index < -0.39 is 21.7 Å². The quantitative estimate of drug-likeness (QED) is 0.389. The number of nitrogens with one attached hydrogen (secondary N) is 1. The first kappa shape index (κ1) is 28.3. The fraction of sp³-hybridized carbons (Fsp3) is 0.393. The predicted octanol–water partition coefficient (Wildman–Crippen LogP) is 5.14. The zero-order valence-electron chi connectivity index (χ0n) is 22.7. The van der Waals surface area contributed by atoms with Gasteiger partial charge in [-0.15, -0.1) is 0 Å². The monoisotopic (exact) mass is 559 g/mol. The van der Waals surface area contributed by atoms with Gasteiger partial charge in [0.05, 0.1) is 17.9 Å². The number of rotatable bonds is 8. The second-order valence-electron chi connectivity index (χ2n) is 11.0. The minimum Gasteiger partial charge on any atom is -0.493 e. The maximum Gasteiger partial charge on any atom is 0.281 e. The second kappa shape index (κ2) is 10.8. The normalized spacial score (nSPS) is 16.9. The highest BCUT2D eigenvalue weighted by Gasteiger charge is 2.39. The van der Waals surface area contributed by atoms with Crippen LogP contribution >= 0.6 is 0 Å². The molecule has 2 aromatic heterocycles. The lowest BCUT2D eigenvalue weighted by molar-refractivity contribution is 0.0981. The van der Waals surface area contributed by atoms with Gasteiger partial charge in [-0.2, -0.15) is 8.42 Å². The van der Waals surface area contributed by atoms with E-state index >= 15 is 0 Å². The summed E-state index contributed by atoms with van der Waals surface area (Å²) in [5.41, 5.74) is 6.24. The molecule has 1 atom stereocenters. The highest BCUT2D eigenvalue weighted by atomic mass is 32.2. The van der Waals surface area contributed by atoms with E-state index in [-0.39, 0.29) is 30.7 Å². The number of hydrogen-bond donors (Lipinski definition) is 2. The van der Waals surface area contributed by atoms with Crippen LogP contribution < -0.4 is 20.1 Å². The zero-order valence-corrected chi connectivity index (χ0v) is 23.5. The number of halogens is 1. The third kappa shape index (κ3) is 6.47. The SMILES string of the molecule is CC(C)COc1cc(F)cc(-c2ccc(C(=O)NS(=O)(=O)c3cccc(N)n3)c(N3C[C@H](C)CC3(C)C)n2)c1.[HH].[HH]. The minimum atomic E-state index is -4.30. The average Bonchev–Trinajstić information content (AvgIpc) is 3.13. The van der Waals surface area contributed by atoms with Crippen LogP contribution in [-0.2, 0) is 10.0 Å². The molecule has 1 saturated heterocycles. The highest BCUT2D eigenvalue weighted by molar-refractivity contribution is 7.90. The van der Waals surface area contributed by atoms with Crippen LogP contribution in [0.5, 0.6) is 5.75 Å². The van der Waals surface area contributed by atoms with E-state index in [1.807, 2.05) is 32.6 Å². The van der Waals surface area contributed by atoms with Gasteiger partial charge in [0.25, 0.3) is 15.9 Å². The summed E-state index contributed by atoms with van der Waals surface area (Å²) in [6.45, 7) is 11.2. The Hall–Kier alpha value is -3.73. The number of hydrogen-bond acceptors (Lipinski definition) is 8. The lowest BCUT2D eigenvalue weighted by Crippen LogP contribution is -2.41. The van der Waals surface area contributed by atoms with Crippen molar-refractivity contribution in [1.29, 1.82) is 0 Å². The maximum atomic E-state index is 14.5. The number of nitrogen functional groups attached to an aromatic ring is 1.